The molecule has 0 radical (unpaired) electrons. The quantitative estimate of drug-likeness (QED) is 0.289. The van der Waals surface area contributed by atoms with E-state index in [1.54, 1.807) is 6.07 Å². The SMILES string of the molecule is COc1cc(/C=N/NC(=O)c2ccc(F)cc2)ccc1OC(=O)c1ccccc1F. The van der Waals surface area contributed by atoms with E-state index in [0.29, 0.717) is 5.56 Å². The van der Waals surface area contributed by atoms with Crippen LogP contribution >= 0.6 is 0 Å². The number of amides is 1. The maximum atomic E-state index is 13.7. The van der Waals surface area contributed by atoms with Crippen LogP contribution in [0.3, 0.4) is 0 Å². The number of carbonyl (C=O) groups is 2. The fraction of sp³-hybridized carbons (Fsp3) is 0.0455. The Hall–Kier alpha value is -4.07. The van der Waals surface area contributed by atoms with Gasteiger partial charge in [0.2, 0.25) is 0 Å². The molecule has 0 aromatic heterocycles. The highest BCUT2D eigenvalue weighted by molar-refractivity contribution is 5.95. The number of rotatable bonds is 6. The minimum atomic E-state index is -0.862. The molecule has 0 aliphatic carbocycles. The summed E-state index contributed by atoms with van der Waals surface area (Å²) in [6.45, 7) is 0. The zero-order valence-corrected chi connectivity index (χ0v) is 15.8. The average Bonchev–Trinajstić information content (AvgIpc) is 2.75. The van der Waals surface area contributed by atoms with Gasteiger partial charge in [0.1, 0.15) is 11.6 Å². The van der Waals surface area contributed by atoms with Gasteiger partial charge in [0.25, 0.3) is 5.91 Å². The van der Waals surface area contributed by atoms with E-state index < -0.39 is 23.5 Å². The molecular weight excluding hydrogens is 394 g/mol. The Kier molecular flexibility index (Phi) is 6.49. The van der Waals surface area contributed by atoms with Crippen LogP contribution in [0.15, 0.2) is 71.8 Å². The lowest BCUT2D eigenvalue weighted by Crippen LogP contribution is -2.17. The number of benzene rings is 3. The van der Waals surface area contributed by atoms with Gasteiger partial charge in [-0.3, -0.25) is 4.79 Å². The first-order valence-corrected chi connectivity index (χ1v) is 8.71. The third kappa shape index (κ3) is 5.05. The number of hydrogen-bond donors (Lipinski definition) is 1. The molecule has 0 saturated carbocycles. The number of hydrazone groups is 1. The van der Waals surface area contributed by atoms with Crippen LogP contribution in [0.5, 0.6) is 11.5 Å². The first-order chi connectivity index (χ1) is 14.5. The van der Waals surface area contributed by atoms with Crippen molar-refractivity contribution in [3.8, 4) is 11.5 Å². The number of halogens is 2. The summed E-state index contributed by atoms with van der Waals surface area (Å²) < 4.78 is 37.1. The lowest BCUT2D eigenvalue weighted by Gasteiger charge is -2.10. The molecule has 0 heterocycles. The second-order valence-corrected chi connectivity index (χ2v) is 5.99. The molecule has 0 bridgehead atoms. The monoisotopic (exact) mass is 410 g/mol. The van der Waals surface area contributed by atoms with Crippen LogP contribution < -0.4 is 14.9 Å². The summed E-state index contributed by atoms with van der Waals surface area (Å²) in [5.41, 5.74) is 2.91. The number of esters is 1. The van der Waals surface area contributed by atoms with E-state index in [0.717, 1.165) is 6.07 Å². The Morgan fingerprint density at radius 3 is 2.40 bits per heavy atom. The number of nitrogens with one attached hydrogen (secondary N) is 1. The van der Waals surface area contributed by atoms with Crippen molar-refractivity contribution in [3.63, 3.8) is 0 Å². The second kappa shape index (κ2) is 9.42. The number of nitrogens with zero attached hydrogens (tertiary/aromatic N) is 1. The first kappa shape index (κ1) is 20.7. The maximum absolute atomic E-state index is 13.7. The van der Waals surface area contributed by atoms with Crippen molar-refractivity contribution in [2.75, 3.05) is 7.11 Å². The highest BCUT2D eigenvalue weighted by Gasteiger charge is 2.16. The molecular formula is C22H16F2N2O4. The van der Waals surface area contributed by atoms with Gasteiger partial charge in [0, 0.05) is 5.56 Å². The number of hydrogen-bond acceptors (Lipinski definition) is 5. The highest BCUT2D eigenvalue weighted by Crippen LogP contribution is 2.28. The van der Waals surface area contributed by atoms with Gasteiger partial charge < -0.3 is 9.47 Å². The summed E-state index contributed by atoms with van der Waals surface area (Å²) in [5.74, 6) is -2.19. The Morgan fingerprint density at radius 2 is 1.70 bits per heavy atom. The molecule has 0 spiro atoms. The molecule has 0 fully saturated rings. The normalized spacial score (nSPS) is 10.6. The Balaban J connectivity index is 1.68. The van der Waals surface area contributed by atoms with Crippen molar-refractivity contribution >= 4 is 18.1 Å². The molecule has 30 heavy (non-hydrogen) atoms. The van der Waals surface area contributed by atoms with Gasteiger partial charge in [-0.05, 0) is 60.2 Å². The summed E-state index contributed by atoms with van der Waals surface area (Å²) in [6, 6.07) is 15.0. The molecule has 3 aromatic carbocycles. The second-order valence-electron chi connectivity index (χ2n) is 5.99. The van der Waals surface area contributed by atoms with Gasteiger partial charge in [-0.2, -0.15) is 5.10 Å². The van der Waals surface area contributed by atoms with E-state index >= 15 is 0 Å². The smallest absolute Gasteiger partial charge is 0.346 e. The van der Waals surface area contributed by atoms with Crippen LogP contribution in [0.2, 0.25) is 0 Å². The first-order valence-electron chi connectivity index (χ1n) is 8.71. The van der Waals surface area contributed by atoms with Crippen molar-refractivity contribution in [3.05, 3.63) is 95.1 Å². The summed E-state index contributed by atoms with van der Waals surface area (Å²) >= 11 is 0. The van der Waals surface area contributed by atoms with E-state index in [-0.39, 0.29) is 22.6 Å². The van der Waals surface area contributed by atoms with Crippen molar-refractivity contribution in [2.45, 2.75) is 0 Å². The van der Waals surface area contributed by atoms with Crippen LogP contribution in [0.1, 0.15) is 26.3 Å². The van der Waals surface area contributed by atoms with Crippen molar-refractivity contribution in [1.82, 2.24) is 5.43 Å². The molecule has 0 aliphatic heterocycles. The fourth-order valence-corrected chi connectivity index (χ4v) is 2.46. The molecule has 3 aromatic rings. The van der Waals surface area contributed by atoms with Crippen LogP contribution in [0.4, 0.5) is 8.78 Å². The molecule has 0 aliphatic rings. The standard InChI is InChI=1S/C22H16F2N2O4/c1-29-20-12-14(13-25-26-21(27)15-7-9-16(23)10-8-15)6-11-19(20)30-22(28)17-4-2-3-5-18(17)24/h2-13H,1H3,(H,26,27)/b25-13+. The van der Waals surface area contributed by atoms with Crippen molar-refractivity contribution in [2.24, 2.45) is 5.10 Å². The molecule has 152 valence electrons. The molecule has 8 heteroatoms. The number of methoxy groups -OCH3 is 1. The van der Waals surface area contributed by atoms with Gasteiger partial charge in [-0.25, -0.2) is 19.0 Å². The van der Waals surface area contributed by atoms with Crippen molar-refractivity contribution in [1.29, 1.82) is 0 Å². The lowest BCUT2D eigenvalue weighted by atomic mass is 10.2. The largest absolute Gasteiger partial charge is 0.493 e. The predicted molar refractivity (Wildman–Crippen MR) is 106 cm³/mol. The van der Waals surface area contributed by atoms with Gasteiger partial charge in [0.15, 0.2) is 11.5 Å². The van der Waals surface area contributed by atoms with E-state index in [1.807, 2.05) is 0 Å². The van der Waals surface area contributed by atoms with E-state index in [2.05, 4.69) is 10.5 Å². The minimum Gasteiger partial charge on any atom is -0.493 e. The molecule has 1 amide bonds. The Morgan fingerprint density at radius 1 is 0.967 bits per heavy atom. The minimum absolute atomic E-state index is 0.0956. The van der Waals surface area contributed by atoms with Crippen LogP contribution in [0.25, 0.3) is 0 Å². The topological polar surface area (TPSA) is 77.0 Å². The lowest BCUT2D eigenvalue weighted by molar-refractivity contribution is 0.0724. The van der Waals surface area contributed by atoms with E-state index in [9.17, 15) is 18.4 Å². The molecule has 3 rings (SSSR count). The Bertz CT molecular complexity index is 1100. The zero-order chi connectivity index (χ0) is 21.5. The molecule has 1 N–H and O–H groups in total. The summed E-state index contributed by atoms with van der Waals surface area (Å²) in [7, 11) is 1.38. The summed E-state index contributed by atoms with van der Waals surface area (Å²) in [4.78, 5) is 24.1. The van der Waals surface area contributed by atoms with E-state index in [1.165, 1.54) is 67.9 Å². The molecule has 0 unspecified atom stereocenters. The van der Waals surface area contributed by atoms with E-state index in [4.69, 9.17) is 9.47 Å². The molecule has 0 saturated heterocycles. The zero-order valence-electron chi connectivity index (χ0n) is 15.8. The number of ether oxygens (including phenoxy) is 2. The molecule has 6 nitrogen and oxygen atoms in total. The average molecular weight is 410 g/mol. The predicted octanol–water partition coefficient (Wildman–Crippen LogP) is 3.96. The van der Waals surface area contributed by atoms with Gasteiger partial charge in [-0.15, -0.1) is 0 Å². The van der Waals surface area contributed by atoms with Gasteiger partial charge >= 0.3 is 5.97 Å². The molecule has 0 atom stereocenters. The third-order valence-electron chi connectivity index (χ3n) is 3.97. The summed E-state index contributed by atoms with van der Waals surface area (Å²) in [6.07, 6.45) is 1.35. The summed E-state index contributed by atoms with van der Waals surface area (Å²) in [5, 5.41) is 3.83. The Labute approximate surface area is 170 Å². The van der Waals surface area contributed by atoms with Crippen LogP contribution in [-0.2, 0) is 0 Å². The third-order valence-corrected chi connectivity index (χ3v) is 3.97. The van der Waals surface area contributed by atoms with Gasteiger partial charge in [-0.1, -0.05) is 12.1 Å². The van der Waals surface area contributed by atoms with Gasteiger partial charge in [0.05, 0.1) is 18.9 Å². The fourth-order valence-electron chi connectivity index (χ4n) is 2.46. The maximum Gasteiger partial charge on any atom is 0.346 e. The van der Waals surface area contributed by atoms with Crippen LogP contribution in [0, 0.1) is 11.6 Å². The highest BCUT2D eigenvalue weighted by atomic mass is 19.1. The van der Waals surface area contributed by atoms with Crippen molar-refractivity contribution < 1.29 is 27.8 Å². The van der Waals surface area contributed by atoms with Crippen LogP contribution in [-0.4, -0.2) is 25.2 Å². The number of carbonyl (C=O) groups excluding carboxylic acids is 2.